The van der Waals surface area contributed by atoms with Crippen molar-refractivity contribution in [2.24, 2.45) is 0 Å². The maximum atomic E-state index is 12.8. The maximum absolute atomic E-state index is 12.8. The molecule has 0 aliphatic carbocycles. The molecule has 2 heterocycles. The summed E-state index contributed by atoms with van der Waals surface area (Å²) in [7, 11) is 0. The Labute approximate surface area is 177 Å². The van der Waals surface area contributed by atoms with Crippen molar-refractivity contribution >= 4 is 34.7 Å². The Morgan fingerprint density at radius 2 is 1.86 bits per heavy atom. The summed E-state index contributed by atoms with van der Waals surface area (Å²) in [5.74, 6) is -0.0749. The predicted octanol–water partition coefficient (Wildman–Crippen LogP) is 4.67. The van der Waals surface area contributed by atoms with Crippen LogP contribution in [0, 0.1) is 13.8 Å². The number of rotatable bonds is 6. The van der Waals surface area contributed by atoms with Crippen LogP contribution in [0.25, 0.3) is 5.69 Å². The maximum Gasteiger partial charge on any atom is 0.228 e. The smallest absolute Gasteiger partial charge is 0.228 e. The Balaban J connectivity index is 1.52. The third kappa shape index (κ3) is 4.38. The standard InChI is InChI=1S/C21H19N5OS2/c1-14-17(15(2)26(25-14)16-8-4-3-5-9-16)12-20(27)23-18-10-6-7-11-19(18)29-21-24-22-13-28-21/h3-11,13H,12H2,1-2H3,(H,23,27). The number of aromatic nitrogens is 4. The van der Waals surface area contributed by atoms with Gasteiger partial charge in [-0.25, -0.2) is 4.68 Å². The molecule has 29 heavy (non-hydrogen) atoms. The molecule has 0 bridgehead atoms. The predicted molar refractivity (Wildman–Crippen MR) is 116 cm³/mol. The third-order valence-corrected chi connectivity index (χ3v) is 6.33. The second kappa shape index (κ2) is 8.59. The first-order valence-electron chi connectivity index (χ1n) is 9.05. The second-order valence-corrected chi connectivity index (χ2v) is 8.55. The molecule has 1 N–H and O–H groups in total. The minimum atomic E-state index is -0.0749. The number of nitrogens with one attached hydrogen (secondary N) is 1. The molecule has 2 aromatic carbocycles. The lowest BCUT2D eigenvalue weighted by molar-refractivity contribution is -0.115. The minimum absolute atomic E-state index is 0.0749. The Morgan fingerprint density at radius 3 is 2.62 bits per heavy atom. The van der Waals surface area contributed by atoms with Gasteiger partial charge in [0, 0.05) is 16.2 Å². The number of anilines is 1. The summed E-state index contributed by atoms with van der Waals surface area (Å²) in [6.07, 6.45) is 0.266. The molecule has 1 amide bonds. The van der Waals surface area contributed by atoms with E-state index < -0.39 is 0 Å². The lowest BCUT2D eigenvalue weighted by Crippen LogP contribution is -2.16. The highest BCUT2D eigenvalue weighted by molar-refractivity contribution is 8.01. The van der Waals surface area contributed by atoms with Crippen LogP contribution in [0.1, 0.15) is 17.0 Å². The molecule has 0 aliphatic heterocycles. The van der Waals surface area contributed by atoms with E-state index in [0.29, 0.717) is 0 Å². The average Bonchev–Trinajstić information content (AvgIpc) is 3.34. The molecule has 0 saturated carbocycles. The van der Waals surface area contributed by atoms with Gasteiger partial charge in [0.15, 0.2) is 4.34 Å². The van der Waals surface area contributed by atoms with Crippen LogP contribution in [0.4, 0.5) is 5.69 Å². The van der Waals surface area contributed by atoms with Gasteiger partial charge in [-0.1, -0.05) is 53.4 Å². The van der Waals surface area contributed by atoms with Crippen molar-refractivity contribution in [3.05, 3.63) is 77.1 Å². The number of benzene rings is 2. The third-order valence-electron chi connectivity index (χ3n) is 4.48. The van der Waals surface area contributed by atoms with Gasteiger partial charge in [-0.3, -0.25) is 4.79 Å². The number of para-hydroxylation sites is 2. The van der Waals surface area contributed by atoms with E-state index in [9.17, 15) is 4.79 Å². The van der Waals surface area contributed by atoms with E-state index in [-0.39, 0.29) is 12.3 Å². The largest absolute Gasteiger partial charge is 0.325 e. The van der Waals surface area contributed by atoms with Gasteiger partial charge in [-0.2, -0.15) is 5.10 Å². The lowest BCUT2D eigenvalue weighted by Gasteiger charge is -2.10. The van der Waals surface area contributed by atoms with E-state index in [1.807, 2.05) is 73.1 Å². The molecule has 0 aliphatic rings. The zero-order valence-corrected chi connectivity index (χ0v) is 17.6. The quantitative estimate of drug-likeness (QED) is 0.490. The first-order valence-corrected chi connectivity index (χ1v) is 10.7. The first-order chi connectivity index (χ1) is 14.1. The molecule has 0 saturated heterocycles. The van der Waals surface area contributed by atoms with Gasteiger partial charge in [0.25, 0.3) is 0 Å². The number of hydrogen-bond acceptors (Lipinski definition) is 6. The lowest BCUT2D eigenvalue weighted by atomic mass is 10.1. The Morgan fingerprint density at radius 1 is 1.10 bits per heavy atom. The summed E-state index contributed by atoms with van der Waals surface area (Å²) in [6.45, 7) is 3.93. The number of carbonyl (C=O) groups is 1. The normalized spacial score (nSPS) is 10.8. The zero-order valence-electron chi connectivity index (χ0n) is 16.0. The summed E-state index contributed by atoms with van der Waals surface area (Å²) < 4.78 is 2.72. The Bertz CT molecular complexity index is 1120. The van der Waals surface area contributed by atoms with E-state index in [1.54, 1.807) is 5.51 Å². The first kappa shape index (κ1) is 19.4. The van der Waals surface area contributed by atoms with Gasteiger partial charge in [0.2, 0.25) is 5.91 Å². The summed E-state index contributed by atoms with van der Waals surface area (Å²) in [5, 5.41) is 15.6. The number of amides is 1. The summed E-state index contributed by atoms with van der Waals surface area (Å²) in [5.41, 5.74) is 6.22. The highest BCUT2D eigenvalue weighted by Crippen LogP contribution is 2.34. The van der Waals surface area contributed by atoms with Gasteiger partial charge in [-0.05, 0) is 38.1 Å². The van der Waals surface area contributed by atoms with Gasteiger partial charge < -0.3 is 5.32 Å². The van der Waals surface area contributed by atoms with Crippen LogP contribution in [0.5, 0.6) is 0 Å². The Kier molecular flexibility index (Phi) is 5.73. The van der Waals surface area contributed by atoms with Crippen molar-refractivity contribution in [3.63, 3.8) is 0 Å². The van der Waals surface area contributed by atoms with Crippen molar-refractivity contribution in [1.82, 2.24) is 20.0 Å². The highest BCUT2D eigenvalue weighted by Gasteiger charge is 2.17. The van der Waals surface area contributed by atoms with Crippen LogP contribution in [0.3, 0.4) is 0 Å². The fourth-order valence-electron chi connectivity index (χ4n) is 3.07. The minimum Gasteiger partial charge on any atom is -0.325 e. The van der Waals surface area contributed by atoms with E-state index in [4.69, 9.17) is 0 Å². The van der Waals surface area contributed by atoms with E-state index in [0.717, 1.165) is 37.6 Å². The average molecular weight is 422 g/mol. The molecule has 0 spiro atoms. The fraction of sp³-hybridized carbons (Fsp3) is 0.143. The van der Waals surface area contributed by atoms with Crippen molar-refractivity contribution in [3.8, 4) is 5.69 Å². The molecule has 8 heteroatoms. The number of carbonyl (C=O) groups excluding carboxylic acids is 1. The molecule has 0 unspecified atom stereocenters. The zero-order chi connectivity index (χ0) is 20.2. The molecule has 0 fully saturated rings. The molecule has 4 rings (SSSR count). The van der Waals surface area contributed by atoms with E-state index >= 15 is 0 Å². The molecule has 6 nitrogen and oxygen atoms in total. The molecule has 2 aromatic heterocycles. The molecule has 0 radical (unpaired) electrons. The Hall–Kier alpha value is -2.97. The number of hydrogen-bond donors (Lipinski definition) is 1. The highest BCUT2D eigenvalue weighted by atomic mass is 32.2. The van der Waals surface area contributed by atoms with Crippen LogP contribution in [-0.2, 0) is 11.2 Å². The van der Waals surface area contributed by atoms with Crippen LogP contribution in [0.15, 0.2) is 69.3 Å². The number of nitrogens with zero attached hydrogens (tertiary/aromatic N) is 4. The monoisotopic (exact) mass is 421 g/mol. The summed E-state index contributed by atoms with van der Waals surface area (Å²) in [6, 6.07) is 17.6. The van der Waals surface area contributed by atoms with Crippen LogP contribution >= 0.6 is 23.1 Å². The van der Waals surface area contributed by atoms with Gasteiger partial charge in [0.1, 0.15) is 5.51 Å². The van der Waals surface area contributed by atoms with E-state index in [1.165, 1.54) is 23.1 Å². The molecular formula is C21H19N5OS2. The molecule has 0 atom stereocenters. The summed E-state index contributed by atoms with van der Waals surface area (Å²) in [4.78, 5) is 13.7. The van der Waals surface area contributed by atoms with Gasteiger partial charge in [-0.15, -0.1) is 10.2 Å². The van der Waals surface area contributed by atoms with Crippen LogP contribution < -0.4 is 5.32 Å². The van der Waals surface area contributed by atoms with E-state index in [2.05, 4.69) is 20.6 Å². The molecule has 146 valence electrons. The molecular weight excluding hydrogens is 402 g/mol. The van der Waals surface area contributed by atoms with Crippen molar-refractivity contribution < 1.29 is 4.79 Å². The van der Waals surface area contributed by atoms with Gasteiger partial charge in [0.05, 0.1) is 23.5 Å². The van der Waals surface area contributed by atoms with Crippen molar-refractivity contribution in [2.75, 3.05) is 5.32 Å². The molecule has 4 aromatic rings. The van der Waals surface area contributed by atoms with Crippen molar-refractivity contribution in [1.29, 1.82) is 0 Å². The second-order valence-electron chi connectivity index (χ2n) is 6.42. The van der Waals surface area contributed by atoms with Crippen LogP contribution in [-0.4, -0.2) is 25.9 Å². The number of aryl methyl sites for hydroxylation is 1. The van der Waals surface area contributed by atoms with Gasteiger partial charge >= 0.3 is 0 Å². The fourth-order valence-corrected chi connectivity index (χ4v) is 4.59. The topological polar surface area (TPSA) is 72.7 Å². The SMILES string of the molecule is Cc1nn(-c2ccccc2)c(C)c1CC(=O)Nc1ccccc1Sc1nncs1. The summed E-state index contributed by atoms with van der Waals surface area (Å²) >= 11 is 2.96. The van der Waals surface area contributed by atoms with Crippen molar-refractivity contribution in [2.45, 2.75) is 29.5 Å². The van der Waals surface area contributed by atoms with Crippen LogP contribution in [0.2, 0.25) is 0 Å².